The zero-order valence-corrected chi connectivity index (χ0v) is 16.6. The highest BCUT2D eigenvalue weighted by Gasteiger charge is 2.35. The van der Waals surface area contributed by atoms with E-state index in [2.05, 4.69) is 5.32 Å². The molecule has 3 amide bonds. The van der Waals surface area contributed by atoms with Crippen LogP contribution in [0.1, 0.15) is 55.3 Å². The second-order valence-corrected chi connectivity index (χ2v) is 8.18. The Morgan fingerprint density at radius 2 is 1.68 bits per heavy atom. The molecule has 1 aromatic carbocycles. The maximum atomic E-state index is 13.1. The van der Waals surface area contributed by atoms with Crippen molar-refractivity contribution >= 4 is 17.6 Å². The third kappa shape index (κ3) is 4.17. The summed E-state index contributed by atoms with van der Waals surface area (Å²) < 4.78 is 5.35. The fraction of sp³-hybridized carbons (Fsp3) is 0.636. The second kappa shape index (κ2) is 8.95. The van der Waals surface area contributed by atoms with Gasteiger partial charge in [0.25, 0.3) is 5.91 Å². The minimum absolute atomic E-state index is 0.0375. The monoisotopic (exact) mass is 385 g/mol. The highest BCUT2D eigenvalue weighted by Crippen LogP contribution is 2.34. The number of nitrogens with one attached hydrogen (secondary N) is 1. The van der Waals surface area contributed by atoms with Crippen LogP contribution < -0.4 is 5.32 Å². The van der Waals surface area contributed by atoms with Gasteiger partial charge in [0.1, 0.15) is 0 Å². The van der Waals surface area contributed by atoms with Gasteiger partial charge in [-0.15, -0.1) is 0 Å². The van der Waals surface area contributed by atoms with E-state index in [-0.39, 0.29) is 11.9 Å². The van der Waals surface area contributed by atoms with Crippen LogP contribution in [0.4, 0.5) is 10.5 Å². The Kier molecular flexibility index (Phi) is 6.15. The molecule has 3 fully saturated rings. The molecule has 0 bridgehead atoms. The van der Waals surface area contributed by atoms with Crippen molar-refractivity contribution in [3.63, 3.8) is 0 Å². The van der Waals surface area contributed by atoms with E-state index in [1.54, 1.807) is 11.0 Å². The molecule has 2 heterocycles. The molecule has 1 saturated carbocycles. The molecule has 1 N–H and O–H groups in total. The number of ether oxygens (including phenoxy) is 1. The molecule has 2 aliphatic heterocycles. The predicted octanol–water partition coefficient (Wildman–Crippen LogP) is 3.74. The van der Waals surface area contributed by atoms with Crippen molar-refractivity contribution in [2.75, 3.05) is 38.2 Å². The van der Waals surface area contributed by atoms with E-state index < -0.39 is 0 Å². The van der Waals surface area contributed by atoms with Crippen molar-refractivity contribution in [3.05, 3.63) is 29.8 Å². The fourth-order valence-corrected chi connectivity index (χ4v) is 4.96. The Balaban J connectivity index is 1.46. The Labute approximate surface area is 167 Å². The van der Waals surface area contributed by atoms with Crippen LogP contribution in [0.25, 0.3) is 0 Å². The van der Waals surface area contributed by atoms with Crippen LogP contribution in [0, 0.1) is 5.92 Å². The Morgan fingerprint density at radius 1 is 0.929 bits per heavy atom. The van der Waals surface area contributed by atoms with Gasteiger partial charge in [-0.1, -0.05) is 31.4 Å². The summed E-state index contributed by atoms with van der Waals surface area (Å²) in [5, 5.41) is 3.05. The third-order valence-electron chi connectivity index (χ3n) is 6.45. The summed E-state index contributed by atoms with van der Waals surface area (Å²) in [7, 11) is 0. The number of hydrogen-bond acceptors (Lipinski definition) is 3. The average molecular weight is 386 g/mol. The largest absolute Gasteiger partial charge is 0.378 e. The quantitative estimate of drug-likeness (QED) is 0.862. The van der Waals surface area contributed by atoms with Gasteiger partial charge >= 0.3 is 6.03 Å². The molecule has 3 aliphatic rings. The smallest absolute Gasteiger partial charge is 0.322 e. The number of rotatable bonds is 3. The van der Waals surface area contributed by atoms with E-state index >= 15 is 0 Å². The molecule has 1 aromatic rings. The SMILES string of the molecule is O=C(c1ccccc1NC(=O)N1CCC[C@@H]1C1CCCCC1)N1CCOCC1. The number of carbonyl (C=O) groups is 2. The molecule has 0 aromatic heterocycles. The number of carbonyl (C=O) groups excluding carboxylic acids is 2. The van der Waals surface area contributed by atoms with Crippen molar-refractivity contribution in [3.8, 4) is 0 Å². The van der Waals surface area contributed by atoms with Crippen molar-refractivity contribution in [1.82, 2.24) is 9.80 Å². The topological polar surface area (TPSA) is 61.9 Å². The van der Waals surface area contributed by atoms with Gasteiger partial charge in [-0.25, -0.2) is 4.79 Å². The van der Waals surface area contributed by atoms with Crippen LogP contribution in [-0.4, -0.2) is 60.6 Å². The van der Waals surface area contributed by atoms with Gasteiger partial charge in [-0.3, -0.25) is 4.79 Å². The van der Waals surface area contributed by atoms with Gasteiger partial charge in [0.2, 0.25) is 0 Å². The normalized spacial score (nSPS) is 23.6. The lowest BCUT2D eigenvalue weighted by molar-refractivity contribution is 0.0303. The fourth-order valence-electron chi connectivity index (χ4n) is 4.96. The Hall–Kier alpha value is -2.08. The minimum atomic E-state index is -0.0599. The van der Waals surface area contributed by atoms with Crippen molar-refractivity contribution in [2.45, 2.75) is 51.0 Å². The van der Waals surface area contributed by atoms with Gasteiger partial charge in [-0.2, -0.15) is 0 Å². The molecule has 6 nitrogen and oxygen atoms in total. The minimum Gasteiger partial charge on any atom is -0.378 e. The summed E-state index contributed by atoms with van der Waals surface area (Å²) in [6, 6.07) is 7.64. The summed E-state index contributed by atoms with van der Waals surface area (Å²) >= 11 is 0. The molecule has 152 valence electrons. The number of nitrogens with zero attached hydrogens (tertiary/aromatic N) is 2. The van der Waals surface area contributed by atoms with E-state index in [0.717, 1.165) is 19.4 Å². The van der Waals surface area contributed by atoms with Crippen LogP contribution in [0.3, 0.4) is 0 Å². The number of morpholine rings is 1. The molecule has 1 aliphatic carbocycles. The van der Waals surface area contributed by atoms with Crippen molar-refractivity contribution in [1.29, 1.82) is 0 Å². The molecule has 0 unspecified atom stereocenters. The second-order valence-electron chi connectivity index (χ2n) is 8.18. The molecule has 28 heavy (non-hydrogen) atoms. The molecule has 4 rings (SSSR count). The number of anilines is 1. The lowest BCUT2D eigenvalue weighted by Crippen LogP contribution is -2.44. The van der Waals surface area contributed by atoms with Crippen molar-refractivity contribution in [2.24, 2.45) is 5.92 Å². The summed E-state index contributed by atoms with van der Waals surface area (Å²) in [5.41, 5.74) is 1.17. The number of likely N-dealkylation sites (tertiary alicyclic amines) is 1. The molecule has 1 atom stereocenters. The van der Waals surface area contributed by atoms with E-state index in [1.165, 1.54) is 32.1 Å². The van der Waals surface area contributed by atoms with E-state index in [0.29, 0.717) is 49.5 Å². The standard InChI is InChI=1S/C22H31N3O3/c26-21(24-13-15-28-16-14-24)18-9-4-5-10-19(18)23-22(27)25-12-6-11-20(25)17-7-2-1-3-8-17/h4-5,9-10,17,20H,1-3,6-8,11-16H2,(H,23,27)/t20-/m1/s1. The Bertz CT molecular complexity index is 696. The zero-order valence-electron chi connectivity index (χ0n) is 16.6. The van der Waals surface area contributed by atoms with E-state index in [4.69, 9.17) is 4.74 Å². The number of benzene rings is 1. The summed E-state index contributed by atoms with van der Waals surface area (Å²) in [6.45, 7) is 3.13. The summed E-state index contributed by atoms with van der Waals surface area (Å²) in [5.74, 6) is 0.594. The maximum Gasteiger partial charge on any atom is 0.322 e. The van der Waals surface area contributed by atoms with Crippen LogP contribution >= 0.6 is 0 Å². The number of amides is 3. The van der Waals surface area contributed by atoms with Gasteiger partial charge in [0.15, 0.2) is 0 Å². The van der Waals surface area contributed by atoms with Gasteiger partial charge < -0.3 is 19.9 Å². The molecule has 0 radical (unpaired) electrons. The first-order valence-corrected chi connectivity index (χ1v) is 10.8. The predicted molar refractivity (Wildman–Crippen MR) is 108 cm³/mol. The number of hydrogen-bond donors (Lipinski definition) is 1. The van der Waals surface area contributed by atoms with Crippen LogP contribution in [0.5, 0.6) is 0 Å². The molecule has 6 heteroatoms. The summed E-state index contributed by atoms with van der Waals surface area (Å²) in [6.07, 6.45) is 8.55. The van der Waals surface area contributed by atoms with Crippen LogP contribution in [-0.2, 0) is 4.74 Å². The van der Waals surface area contributed by atoms with Gasteiger partial charge in [0.05, 0.1) is 24.5 Å². The molecule has 0 spiro atoms. The van der Waals surface area contributed by atoms with Crippen LogP contribution in [0.2, 0.25) is 0 Å². The average Bonchev–Trinajstić information content (AvgIpc) is 3.25. The first-order chi connectivity index (χ1) is 13.7. The van der Waals surface area contributed by atoms with Gasteiger partial charge in [0, 0.05) is 25.7 Å². The first-order valence-electron chi connectivity index (χ1n) is 10.8. The molecule has 2 saturated heterocycles. The third-order valence-corrected chi connectivity index (χ3v) is 6.45. The molecular formula is C22H31N3O3. The lowest BCUT2D eigenvalue weighted by Gasteiger charge is -2.34. The molecular weight excluding hydrogens is 354 g/mol. The highest BCUT2D eigenvalue weighted by molar-refractivity contribution is 6.03. The number of para-hydroxylation sites is 1. The van der Waals surface area contributed by atoms with E-state index in [9.17, 15) is 9.59 Å². The zero-order chi connectivity index (χ0) is 19.3. The highest BCUT2D eigenvalue weighted by atomic mass is 16.5. The number of urea groups is 1. The maximum absolute atomic E-state index is 13.1. The van der Waals surface area contributed by atoms with Crippen LogP contribution in [0.15, 0.2) is 24.3 Å². The van der Waals surface area contributed by atoms with Crippen molar-refractivity contribution < 1.29 is 14.3 Å². The first kappa shape index (κ1) is 19.2. The van der Waals surface area contributed by atoms with E-state index in [1.807, 2.05) is 23.1 Å². The summed E-state index contributed by atoms with van der Waals surface area (Å²) in [4.78, 5) is 29.8. The van der Waals surface area contributed by atoms with Gasteiger partial charge in [-0.05, 0) is 43.7 Å². The lowest BCUT2D eigenvalue weighted by atomic mass is 9.83. The Morgan fingerprint density at radius 3 is 2.46 bits per heavy atom.